The second-order valence-electron chi connectivity index (χ2n) is 6.31. The van der Waals surface area contributed by atoms with E-state index >= 15 is 0 Å². The van der Waals surface area contributed by atoms with Crippen molar-refractivity contribution < 1.29 is 23.8 Å². The standard InChI is InChI=1S/C22H17N3O5/c23-22(27)15-2-1-3-17(11-15)30-21-9-6-16(12-24-21)25-20(26)8-5-14-4-7-18-19(10-14)29-13-28-18/h1-12H,13H2,(H2,23,27)(H,25,26). The van der Waals surface area contributed by atoms with E-state index in [-0.39, 0.29) is 12.7 Å². The summed E-state index contributed by atoms with van der Waals surface area (Å²) < 4.78 is 16.2. The lowest BCUT2D eigenvalue weighted by molar-refractivity contribution is -0.111. The molecule has 0 aliphatic carbocycles. The van der Waals surface area contributed by atoms with Gasteiger partial charge in [-0.2, -0.15) is 0 Å². The maximum absolute atomic E-state index is 12.1. The van der Waals surface area contributed by atoms with E-state index in [0.717, 1.165) is 5.56 Å². The Hall–Kier alpha value is -4.33. The van der Waals surface area contributed by atoms with Gasteiger partial charge in [-0.15, -0.1) is 0 Å². The van der Waals surface area contributed by atoms with E-state index in [1.165, 1.54) is 18.3 Å². The van der Waals surface area contributed by atoms with Crippen LogP contribution < -0.4 is 25.3 Å². The summed E-state index contributed by atoms with van der Waals surface area (Å²) in [7, 11) is 0. The lowest BCUT2D eigenvalue weighted by Gasteiger charge is -2.07. The third-order valence-corrected chi connectivity index (χ3v) is 4.17. The van der Waals surface area contributed by atoms with Gasteiger partial charge in [0.05, 0.1) is 11.9 Å². The van der Waals surface area contributed by atoms with Gasteiger partial charge in [0, 0.05) is 17.7 Å². The summed E-state index contributed by atoms with van der Waals surface area (Å²) in [4.78, 5) is 27.5. The van der Waals surface area contributed by atoms with Crippen LogP contribution in [0, 0.1) is 0 Å². The summed E-state index contributed by atoms with van der Waals surface area (Å²) in [5, 5.41) is 2.72. The fourth-order valence-electron chi connectivity index (χ4n) is 2.72. The molecule has 4 rings (SSSR count). The number of rotatable bonds is 6. The monoisotopic (exact) mass is 403 g/mol. The van der Waals surface area contributed by atoms with Gasteiger partial charge in [0.15, 0.2) is 11.5 Å². The Kier molecular flexibility index (Phi) is 5.29. The molecule has 8 nitrogen and oxygen atoms in total. The largest absolute Gasteiger partial charge is 0.454 e. The fraction of sp³-hybridized carbons (Fsp3) is 0.0455. The molecule has 0 saturated heterocycles. The molecule has 0 atom stereocenters. The minimum absolute atomic E-state index is 0.201. The predicted octanol–water partition coefficient (Wildman–Crippen LogP) is 3.35. The number of nitrogens with one attached hydrogen (secondary N) is 1. The van der Waals surface area contributed by atoms with Gasteiger partial charge < -0.3 is 25.3 Å². The van der Waals surface area contributed by atoms with Crippen molar-refractivity contribution in [3.8, 4) is 23.1 Å². The van der Waals surface area contributed by atoms with Gasteiger partial charge in [0.25, 0.3) is 0 Å². The van der Waals surface area contributed by atoms with Crippen molar-refractivity contribution in [1.29, 1.82) is 0 Å². The minimum Gasteiger partial charge on any atom is -0.454 e. The Labute approximate surface area is 171 Å². The summed E-state index contributed by atoms with van der Waals surface area (Å²) in [6, 6.07) is 15.2. The van der Waals surface area contributed by atoms with E-state index in [4.69, 9.17) is 19.9 Å². The second kappa shape index (κ2) is 8.36. The van der Waals surface area contributed by atoms with Gasteiger partial charge in [-0.05, 0) is 48.0 Å². The molecular formula is C22H17N3O5. The van der Waals surface area contributed by atoms with Crippen LogP contribution in [0.4, 0.5) is 5.69 Å². The van der Waals surface area contributed by atoms with Crippen LogP contribution in [0.3, 0.4) is 0 Å². The van der Waals surface area contributed by atoms with Crippen molar-refractivity contribution in [2.45, 2.75) is 0 Å². The normalized spacial score (nSPS) is 12.0. The van der Waals surface area contributed by atoms with Crippen LogP contribution in [0.5, 0.6) is 23.1 Å². The number of aromatic nitrogens is 1. The second-order valence-corrected chi connectivity index (χ2v) is 6.31. The topological polar surface area (TPSA) is 113 Å². The molecule has 3 N–H and O–H groups in total. The average Bonchev–Trinajstić information content (AvgIpc) is 3.22. The van der Waals surface area contributed by atoms with E-state index in [1.54, 1.807) is 48.5 Å². The number of nitrogens with zero attached hydrogens (tertiary/aromatic N) is 1. The molecule has 2 heterocycles. The number of fused-ring (bicyclic) bond motifs is 1. The molecule has 150 valence electrons. The van der Waals surface area contributed by atoms with Crippen LogP contribution in [0.1, 0.15) is 15.9 Å². The van der Waals surface area contributed by atoms with Gasteiger partial charge in [-0.1, -0.05) is 12.1 Å². The van der Waals surface area contributed by atoms with Gasteiger partial charge >= 0.3 is 0 Å². The first-order valence-electron chi connectivity index (χ1n) is 8.99. The molecule has 8 heteroatoms. The lowest BCUT2D eigenvalue weighted by atomic mass is 10.2. The van der Waals surface area contributed by atoms with Gasteiger partial charge in [0.1, 0.15) is 5.75 Å². The van der Waals surface area contributed by atoms with Gasteiger partial charge in [-0.25, -0.2) is 4.98 Å². The number of hydrogen-bond acceptors (Lipinski definition) is 6. The van der Waals surface area contributed by atoms with Crippen molar-refractivity contribution in [3.05, 3.63) is 78.0 Å². The van der Waals surface area contributed by atoms with Gasteiger partial charge in [-0.3, -0.25) is 9.59 Å². The summed E-state index contributed by atoms with van der Waals surface area (Å²) in [6.45, 7) is 0.201. The van der Waals surface area contributed by atoms with Crippen LogP contribution in [-0.4, -0.2) is 23.6 Å². The van der Waals surface area contributed by atoms with Crippen LogP contribution in [0.25, 0.3) is 6.08 Å². The first-order valence-corrected chi connectivity index (χ1v) is 8.99. The molecule has 0 radical (unpaired) electrons. The van der Waals surface area contributed by atoms with Crippen LogP contribution in [0.2, 0.25) is 0 Å². The number of pyridine rings is 1. The van der Waals surface area contributed by atoms with Gasteiger partial charge in [0.2, 0.25) is 24.5 Å². The summed E-state index contributed by atoms with van der Waals surface area (Å²) in [5.41, 5.74) is 6.92. The molecule has 1 aromatic heterocycles. The Morgan fingerprint density at radius 3 is 2.73 bits per heavy atom. The Bertz CT molecular complexity index is 1130. The molecule has 3 aromatic rings. The van der Waals surface area contributed by atoms with Crippen LogP contribution in [0.15, 0.2) is 66.9 Å². The first kappa shape index (κ1) is 19.0. The number of hydrogen-bond donors (Lipinski definition) is 2. The number of carbonyl (C=O) groups is 2. The van der Waals surface area contributed by atoms with Crippen LogP contribution >= 0.6 is 0 Å². The number of carbonyl (C=O) groups excluding carboxylic acids is 2. The number of anilines is 1. The predicted molar refractivity (Wildman–Crippen MR) is 109 cm³/mol. The molecule has 0 spiro atoms. The molecule has 30 heavy (non-hydrogen) atoms. The van der Waals surface area contributed by atoms with E-state index in [0.29, 0.717) is 34.4 Å². The molecule has 2 aromatic carbocycles. The van der Waals surface area contributed by atoms with Crippen molar-refractivity contribution in [2.75, 3.05) is 12.1 Å². The molecule has 0 fully saturated rings. The average molecular weight is 403 g/mol. The molecule has 1 aliphatic rings. The zero-order valence-corrected chi connectivity index (χ0v) is 15.7. The third kappa shape index (κ3) is 4.56. The Morgan fingerprint density at radius 2 is 1.93 bits per heavy atom. The molecule has 0 saturated carbocycles. The number of nitrogens with two attached hydrogens (primary N) is 1. The smallest absolute Gasteiger partial charge is 0.248 e. The molecule has 0 bridgehead atoms. The van der Waals surface area contributed by atoms with E-state index < -0.39 is 5.91 Å². The van der Waals surface area contributed by atoms with Crippen molar-refractivity contribution in [1.82, 2.24) is 4.98 Å². The summed E-state index contributed by atoms with van der Waals surface area (Å²) >= 11 is 0. The Balaban J connectivity index is 1.35. The zero-order valence-electron chi connectivity index (χ0n) is 15.7. The third-order valence-electron chi connectivity index (χ3n) is 4.17. The van der Waals surface area contributed by atoms with Crippen molar-refractivity contribution >= 4 is 23.6 Å². The number of amides is 2. The highest BCUT2D eigenvalue weighted by Crippen LogP contribution is 2.32. The first-order chi connectivity index (χ1) is 14.6. The molecule has 0 unspecified atom stereocenters. The maximum Gasteiger partial charge on any atom is 0.248 e. The van der Waals surface area contributed by atoms with Crippen molar-refractivity contribution in [3.63, 3.8) is 0 Å². The summed E-state index contributed by atoms with van der Waals surface area (Å²) in [6.07, 6.45) is 4.56. The van der Waals surface area contributed by atoms with E-state index in [2.05, 4.69) is 10.3 Å². The van der Waals surface area contributed by atoms with Crippen LogP contribution in [-0.2, 0) is 4.79 Å². The number of primary amides is 1. The number of benzene rings is 2. The summed E-state index contributed by atoms with van der Waals surface area (Å²) in [5.74, 6) is 1.23. The minimum atomic E-state index is -0.541. The molecule has 1 aliphatic heterocycles. The highest BCUT2D eigenvalue weighted by atomic mass is 16.7. The zero-order chi connectivity index (χ0) is 20.9. The highest BCUT2D eigenvalue weighted by Gasteiger charge is 2.12. The number of ether oxygens (including phenoxy) is 3. The highest BCUT2D eigenvalue weighted by molar-refractivity contribution is 6.01. The van der Waals surface area contributed by atoms with E-state index in [1.807, 2.05) is 6.07 Å². The maximum atomic E-state index is 12.1. The van der Waals surface area contributed by atoms with E-state index in [9.17, 15) is 9.59 Å². The molecular weight excluding hydrogens is 386 g/mol. The Morgan fingerprint density at radius 1 is 1.07 bits per heavy atom. The lowest BCUT2D eigenvalue weighted by Crippen LogP contribution is -2.10. The quantitative estimate of drug-likeness (QED) is 0.610. The fourth-order valence-corrected chi connectivity index (χ4v) is 2.72. The van der Waals surface area contributed by atoms with Crippen molar-refractivity contribution in [2.24, 2.45) is 5.73 Å². The SMILES string of the molecule is NC(=O)c1cccc(Oc2ccc(NC(=O)C=Cc3ccc4c(c3)OCO4)cn2)c1. The molecule has 2 amide bonds.